The molecule has 1 aromatic rings. The SMILES string of the molecule is CCCNC1CCC(CC)CC1Sc1nc(C)cc(C)n1. The lowest BCUT2D eigenvalue weighted by atomic mass is 9.84. The van der Waals surface area contributed by atoms with Crippen molar-refractivity contribution in [1.29, 1.82) is 0 Å². The molecule has 1 fully saturated rings. The Labute approximate surface area is 133 Å². The summed E-state index contributed by atoms with van der Waals surface area (Å²) in [5, 5.41) is 5.30. The number of rotatable bonds is 6. The Morgan fingerprint density at radius 3 is 2.52 bits per heavy atom. The second-order valence-corrected chi connectivity index (χ2v) is 7.44. The summed E-state index contributed by atoms with van der Waals surface area (Å²) in [6, 6.07) is 2.66. The number of thioether (sulfide) groups is 1. The summed E-state index contributed by atoms with van der Waals surface area (Å²) in [6.07, 6.45) is 6.44. The van der Waals surface area contributed by atoms with E-state index in [2.05, 4.69) is 43.0 Å². The summed E-state index contributed by atoms with van der Waals surface area (Å²) in [4.78, 5) is 9.24. The molecule has 21 heavy (non-hydrogen) atoms. The molecule has 118 valence electrons. The van der Waals surface area contributed by atoms with Gasteiger partial charge in [-0.25, -0.2) is 9.97 Å². The highest BCUT2D eigenvalue weighted by atomic mass is 32.2. The van der Waals surface area contributed by atoms with E-state index in [1.807, 2.05) is 17.8 Å². The van der Waals surface area contributed by atoms with E-state index < -0.39 is 0 Å². The summed E-state index contributed by atoms with van der Waals surface area (Å²) < 4.78 is 0. The Morgan fingerprint density at radius 2 is 1.90 bits per heavy atom. The fourth-order valence-corrected chi connectivity index (χ4v) is 4.59. The average Bonchev–Trinajstić information content (AvgIpc) is 2.44. The van der Waals surface area contributed by atoms with Crippen molar-refractivity contribution in [2.45, 2.75) is 76.2 Å². The zero-order chi connectivity index (χ0) is 15.2. The molecule has 0 amide bonds. The monoisotopic (exact) mass is 307 g/mol. The summed E-state index contributed by atoms with van der Waals surface area (Å²) in [5.74, 6) is 0.869. The minimum Gasteiger partial charge on any atom is -0.313 e. The minimum atomic E-state index is 0.608. The van der Waals surface area contributed by atoms with E-state index in [1.54, 1.807) is 0 Å². The van der Waals surface area contributed by atoms with Crippen LogP contribution in [0.15, 0.2) is 11.2 Å². The molecule has 1 aromatic heterocycles. The standard InChI is InChI=1S/C17H29N3S/c1-5-9-18-15-8-7-14(6-2)11-16(15)21-17-19-12(3)10-13(4)20-17/h10,14-16,18H,5-9,11H2,1-4H3. The van der Waals surface area contributed by atoms with Crippen molar-refractivity contribution < 1.29 is 0 Å². The Balaban J connectivity index is 2.07. The van der Waals surface area contributed by atoms with Crippen LogP contribution in [0.1, 0.15) is 57.3 Å². The van der Waals surface area contributed by atoms with Crippen molar-refractivity contribution in [3.8, 4) is 0 Å². The Kier molecular flexibility index (Phi) is 6.49. The molecule has 1 N–H and O–H groups in total. The van der Waals surface area contributed by atoms with Crippen LogP contribution < -0.4 is 5.32 Å². The third kappa shape index (κ3) is 4.96. The lowest BCUT2D eigenvalue weighted by Crippen LogP contribution is -2.43. The number of aryl methyl sites for hydroxylation is 2. The minimum absolute atomic E-state index is 0.608. The molecule has 3 nitrogen and oxygen atoms in total. The summed E-state index contributed by atoms with van der Waals surface area (Å²) >= 11 is 1.89. The van der Waals surface area contributed by atoms with E-state index in [4.69, 9.17) is 0 Å². The van der Waals surface area contributed by atoms with Crippen LogP contribution in [0.4, 0.5) is 0 Å². The first kappa shape index (κ1) is 16.8. The zero-order valence-corrected chi connectivity index (χ0v) is 14.7. The second kappa shape index (κ2) is 8.14. The molecular formula is C17H29N3S. The van der Waals surface area contributed by atoms with Crippen molar-refractivity contribution in [3.63, 3.8) is 0 Å². The van der Waals surface area contributed by atoms with Crippen LogP contribution in [0.5, 0.6) is 0 Å². The van der Waals surface area contributed by atoms with Crippen LogP contribution in [0.2, 0.25) is 0 Å². The number of hydrogen-bond donors (Lipinski definition) is 1. The second-order valence-electron chi connectivity index (χ2n) is 6.24. The fourth-order valence-electron chi connectivity index (χ4n) is 3.16. The maximum Gasteiger partial charge on any atom is 0.188 e. The van der Waals surface area contributed by atoms with E-state index in [1.165, 1.54) is 32.1 Å². The van der Waals surface area contributed by atoms with Crippen LogP contribution in [-0.2, 0) is 0 Å². The molecule has 3 unspecified atom stereocenters. The van der Waals surface area contributed by atoms with Gasteiger partial charge in [-0.1, -0.05) is 32.0 Å². The van der Waals surface area contributed by atoms with Crippen molar-refractivity contribution in [1.82, 2.24) is 15.3 Å². The van der Waals surface area contributed by atoms with Gasteiger partial charge in [0, 0.05) is 22.7 Å². The highest BCUT2D eigenvalue weighted by Crippen LogP contribution is 2.36. The van der Waals surface area contributed by atoms with Gasteiger partial charge in [0.05, 0.1) is 0 Å². The van der Waals surface area contributed by atoms with Gasteiger partial charge in [-0.05, 0) is 58.1 Å². The smallest absolute Gasteiger partial charge is 0.188 e. The Hall–Kier alpha value is -0.610. The van der Waals surface area contributed by atoms with Crippen molar-refractivity contribution in [2.75, 3.05) is 6.54 Å². The van der Waals surface area contributed by atoms with Gasteiger partial charge in [-0.2, -0.15) is 0 Å². The Morgan fingerprint density at radius 1 is 1.19 bits per heavy atom. The first-order chi connectivity index (χ1) is 10.1. The molecule has 1 heterocycles. The van der Waals surface area contributed by atoms with E-state index in [-0.39, 0.29) is 0 Å². The molecule has 2 rings (SSSR count). The fraction of sp³-hybridized carbons (Fsp3) is 0.765. The summed E-state index contributed by atoms with van der Waals surface area (Å²) in [5.41, 5.74) is 2.15. The lowest BCUT2D eigenvalue weighted by Gasteiger charge is -2.35. The molecule has 0 radical (unpaired) electrons. The maximum absolute atomic E-state index is 4.62. The third-order valence-electron chi connectivity index (χ3n) is 4.35. The van der Waals surface area contributed by atoms with Crippen molar-refractivity contribution >= 4 is 11.8 Å². The van der Waals surface area contributed by atoms with Crippen molar-refractivity contribution in [3.05, 3.63) is 17.5 Å². The number of hydrogen-bond acceptors (Lipinski definition) is 4. The van der Waals surface area contributed by atoms with Crippen LogP contribution in [-0.4, -0.2) is 27.8 Å². The first-order valence-corrected chi connectivity index (χ1v) is 9.22. The molecule has 0 aliphatic heterocycles. The highest BCUT2D eigenvalue weighted by molar-refractivity contribution is 7.99. The molecule has 1 aliphatic carbocycles. The quantitative estimate of drug-likeness (QED) is 0.802. The van der Waals surface area contributed by atoms with Gasteiger partial charge in [0.25, 0.3) is 0 Å². The van der Waals surface area contributed by atoms with E-state index in [9.17, 15) is 0 Å². The molecular weight excluding hydrogens is 278 g/mol. The third-order valence-corrected chi connectivity index (χ3v) is 5.57. The molecule has 0 saturated heterocycles. The lowest BCUT2D eigenvalue weighted by molar-refractivity contribution is 0.295. The van der Waals surface area contributed by atoms with Gasteiger partial charge in [0.1, 0.15) is 0 Å². The predicted octanol–water partition coefficient (Wildman–Crippen LogP) is 4.13. The Bertz CT molecular complexity index is 429. The van der Waals surface area contributed by atoms with E-state index in [0.717, 1.165) is 29.0 Å². The normalized spacial score (nSPS) is 26.0. The zero-order valence-electron chi connectivity index (χ0n) is 13.9. The van der Waals surface area contributed by atoms with Crippen LogP contribution in [0.25, 0.3) is 0 Å². The molecule has 0 bridgehead atoms. The van der Waals surface area contributed by atoms with E-state index >= 15 is 0 Å². The number of nitrogens with zero attached hydrogens (tertiary/aromatic N) is 2. The van der Waals surface area contributed by atoms with Gasteiger partial charge < -0.3 is 5.32 Å². The topological polar surface area (TPSA) is 37.8 Å². The largest absolute Gasteiger partial charge is 0.313 e. The molecule has 1 saturated carbocycles. The number of nitrogens with one attached hydrogen (secondary N) is 1. The van der Waals surface area contributed by atoms with E-state index in [0.29, 0.717) is 11.3 Å². The molecule has 0 aromatic carbocycles. The van der Waals surface area contributed by atoms with Crippen LogP contribution in [0.3, 0.4) is 0 Å². The highest BCUT2D eigenvalue weighted by Gasteiger charge is 2.30. The summed E-state index contributed by atoms with van der Waals surface area (Å²) in [6.45, 7) is 9.79. The molecule has 0 spiro atoms. The van der Waals surface area contributed by atoms with Gasteiger partial charge in [-0.15, -0.1) is 0 Å². The molecule has 3 atom stereocenters. The average molecular weight is 308 g/mol. The van der Waals surface area contributed by atoms with Gasteiger partial charge in [0.15, 0.2) is 5.16 Å². The predicted molar refractivity (Wildman–Crippen MR) is 90.9 cm³/mol. The summed E-state index contributed by atoms with van der Waals surface area (Å²) in [7, 11) is 0. The van der Waals surface area contributed by atoms with Gasteiger partial charge in [-0.3, -0.25) is 0 Å². The molecule has 1 aliphatic rings. The van der Waals surface area contributed by atoms with Crippen molar-refractivity contribution in [2.24, 2.45) is 5.92 Å². The molecule has 4 heteroatoms. The van der Waals surface area contributed by atoms with Crippen LogP contribution >= 0.6 is 11.8 Å². The number of aromatic nitrogens is 2. The first-order valence-electron chi connectivity index (χ1n) is 8.34. The maximum atomic E-state index is 4.62. The van der Waals surface area contributed by atoms with Crippen LogP contribution in [0, 0.1) is 19.8 Å². The van der Waals surface area contributed by atoms with Gasteiger partial charge in [0.2, 0.25) is 0 Å². The van der Waals surface area contributed by atoms with Gasteiger partial charge >= 0.3 is 0 Å².